The molecule has 158 valence electrons. The van der Waals surface area contributed by atoms with Crippen LogP contribution in [0.4, 0.5) is 5.69 Å². The van der Waals surface area contributed by atoms with Crippen molar-refractivity contribution in [2.45, 2.75) is 31.7 Å². The molecule has 0 spiro atoms. The van der Waals surface area contributed by atoms with Crippen LogP contribution >= 0.6 is 0 Å². The van der Waals surface area contributed by atoms with E-state index < -0.39 is 0 Å². The smallest absolute Gasteiger partial charge is 0.257 e. The third-order valence-electron chi connectivity index (χ3n) is 6.10. The molecule has 0 radical (unpaired) electrons. The van der Waals surface area contributed by atoms with Crippen molar-refractivity contribution in [2.75, 3.05) is 18.5 Å². The minimum absolute atomic E-state index is 0.00780. The minimum Gasteiger partial charge on any atom is -0.493 e. The molecule has 2 aromatic carbocycles. The number of hydrogen-bond donors (Lipinski definition) is 1. The van der Waals surface area contributed by atoms with Crippen LogP contribution in [0.15, 0.2) is 67.0 Å². The van der Waals surface area contributed by atoms with Crippen molar-refractivity contribution in [3.63, 3.8) is 0 Å². The molecular weight excluding hydrogens is 390 g/mol. The number of piperidine rings is 1. The summed E-state index contributed by atoms with van der Waals surface area (Å²) in [4.78, 5) is 28.0. The van der Waals surface area contributed by atoms with Crippen LogP contribution in [0.25, 0.3) is 5.69 Å². The van der Waals surface area contributed by atoms with Gasteiger partial charge in [0, 0.05) is 48.3 Å². The number of rotatable bonds is 3. The van der Waals surface area contributed by atoms with Crippen molar-refractivity contribution >= 4 is 17.5 Å². The van der Waals surface area contributed by atoms with Gasteiger partial charge in [0.05, 0.1) is 12.2 Å². The number of amides is 2. The van der Waals surface area contributed by atoms with E-state index in [4.69, 9.17) is 4.74 Å². The molecule has 2 aliphatic heterocycles. The fourth-order valence-electron chi connectivity index (χ4n) is 4.42. The summed E-state index contributed by atoms with van der Waals surface area (Å²) in [6, 6.07) is 16.9. The average Bonchev–Trinajstić information content (AvgIpc) is 3.34. The summed E-state index contributed by atoms with van der Waals surface area (Å²) < 4.78 is 7.86. The highest BCUT2D eigenvalue weighted by atomic mass is 16.5. The van der Waals surface area contributed by atoms with Gasteiger partial charge in [-0.1, -0.05) is 0 Å². The molecule has 6 nitrogen and oxygen atoms in total. The maximum absolute atomic E-state index is 13.2. The van der Waals surface area contributed by atoms with Crippen molar-refractivity contribution in [1.82, 2.24) is 9.47 Å². The van der Waals surface area contributed by atoms with Crippen molar-refractivity contribution < 1.29 is 14.3 Å². The zero-order valence-corrected chi connectivity index (χ0v) is 17.3. The third kappa shape index (κ3) is 3.93. The topological polar surface area (TPSA) is 63.6 Å². The van der Waals surface area contributed by atoms with E-state index >= 15 is 0 Å². The Balaban J connectivity index is 1.35. The Morgan fingerprint density at radius 1 is 1.00 bits per heavy atom. The van der Waals surface area contributed by atoms with Gasteiger partial charge in [0.2, 0.25) is 0 Å². The largest absolute Gasteiger partial charge is 0.493 e. The van der Waals surface area contributed by atoms with Crippen LogP contribution < -0.4 is 10.1 Å². The highest BCUT2D eigenvalue weighted by molar-refractivity contribution is 6.05. The molecule has 1 atom stereocenters. The molecule has 2 amide bonds. The van der Waals surface area contributed by atoms with Crippen LogP contribution in [-0.4, -0.2) is 40.5 Å². The molecule has 1 N–H and O–H groups in total. The number of nitrogens with zero attached hydrogens (tertiary/aromatic N) is 2. The van der Waals surface area contributed by atoms with E-state index in [2.05, 4.69) is 5.32 Å². The molecule has 1 fully saturated rings. The van der Waals surface area contributed by atoms with Crippen LogP contribution in [-0.2, 0) is 0 Å². The Morgan fingerprint density at radius 2 is 1.81 bits per heavy atom. The lowest BCUT2D eigenvalue weighted by Gasteiger charge is -2.37. The summed E-state index contributed by atoms with van der Waals surface area (Å²) in [5.41, 5.74) is 2.65. The van der Waals surface area contributed by atoms with Gasteiger partial charge in [0.15, 0.2) is 0 Å². The normalized spacial score (nSPS) is 18.3. The maximum Gasteiger partial charge on any atom is 0.257 e. The summed E-state index contributed by atoms with van der Waals surface area (Å²) in [5, 5.41) is 2.92. The molecule has 0 unspecified atom stereocenters. The Kier molecular flexibility index (Phi) is 5.20. The van der Waals surface area contributed by atoms with E-state index in [-0.39, 0.29) is 17.9 Å². The summed E-state index contributed by atoms with van der Waals surface area (Å²) in [6.07, 6.45) is 7.99. The summed E-state index contributed by atoms with van der Waals surface area (Å²) in [5.74, 6) is 0.365. The van der Waals surface area contributed by atoms with E-state index in [0.717, 1.165) is 37.9 Å². The van der Waals surface area contributed by atoms with Crippen LogP contribution in [0.3, 0.4) is 0 Å². The van der Waals surface area contributed by atoms with E-state index in [0.29, 0.717) is 29.2 Å². The number of nitrogens with one attached hydrogen (secondary N) is 1. The van der Waals surface area contributed by atoms with Crippen molar-refractivity contribution in [3.05, 3.63) is 78.1 Å². The van der Waals surface area contributed by atoms with Gasteiger partial charge in [-0.15, -0.1) is 0 Å². The van der Waals surface area contributed by atoms with Gasteiger partial charge in [0.25, 0.3) is 11.8 Å². The monoisotopic (exact) mass is 415 g/mol. The molecule has 1 aromatic heterocycles. The fraction of sp³-hybridized carbons (Fsp3) is 0.280. The second kappa shape index (κ2) is 8.30. The number of aromatic nitrogens is 1. The Morgan fingerprint density at radius 3 is 2.61 bits per heavy atom. The van der Waals surface area contributed by atoms with Gasteiger partial charge >= 0.3 is 0 Å². The van der Waals surface area contributed by atoms with Crippen molar-refractivity contribution in [3.8, 4) is 11.4 Å². The number of carbonyl (C=O) groups excluding carboxylic acids is 2. The first-order valence-electron chi connectivity index (χ1n) is 10.8. The summed E-state index contributed by atoms with van der Waals surface area (Å²) in [7, 11) is 0. The number of benzene rings is 2. The molecule has 3 heterocycles. The lowest BCUT2D eigenvalue weighted by atomic mass is 9.97. The summed E-state index contributed by atoms with van der Waals surface area (Å²) in [6.45, 7) is 1.38. The summed E-state index contributed by atoms with van der Waals surface area (Å²) >= 11 is 0. The van der Waals surface area contributed by atoms with Gasteiger partial charge in [-0.25, -0.2) is 0 Å². The zero-order valence-electron chi connectivity index (χ0n) is 17.3. The number of carbonyl (C=O) groups is 2. The lowest BCUT2D eigenvalue weighted by Crippen LogP contribution is -2.45. The number of hydrogen-bond acceptors (Lipinski definition) is 3. The Bertz CT molecular complexity index is 1090. The second-order valence-electron chi connectivity index (χ2n) is 8.09. The van der Waals surface area contributed by atoms with Gasteiger partial charge in [0.1, 0.15) is 5.75 Å². The Labute approximate surface area is 181 Å². The van der Waals surface area contributed by atoms with Gasteiger partial charge < -0.3 is 19.5 Å². The van der Waals surface area contributed by atoms with Crippen LogP contribution in [0.1, 0.15) is 46.4 Å². The molecule has 2 aliphatic rings. The molecule has 1 saturated heterocycles. The molecule has 5 rings (SSSR count). The van der Waals surface area contributed by atoms with Gasteiger partial charge in [-0.2, -0.15) is 0 Å². The zero-order chi connectivity index (χ0) is 21.2. The van der Waals surface area contributed by atoms with Crippen molar-refractivity contribution in [1.29, 1.82) is 0 Å². The van der Waals surface area contributed by atoms with Gasteiger partial charge in [-0.3, -0.25) is 9.59 Å². The number of fused-ring (bicyclic) bond motifs is 2. The van der Waals surface area contributed by atoms with E-state index in [1.54, 1.807) is 30.3 Å². The molecule has 31 heavy (non-hydrogen) atoms. The average molecular weight is 415 g/mol. The van der Waals surface area contributed by atoms with Crippen LogP contribution in [0.2, 0.25) is 0 Å². The minimum atomic E-state index is -0.214. The van der Waals surface area contributed by atoms with Crippen LogP contribution in [0.5, 0.6) is 5.75 Å². The fourth-order valence-corrected chi connectivity index (χ4v) is 4.42. The van der Waals surface area contributed by atoms with Crippen molar-refractivity contribution in [2.24, 2.45) is 0 Å². The molecule has 0 saturated carbocycles. The quantitative estimate of drug-likeness (QED) is 0.685. The Hall–Kier alpha value is -3.54. The first-order chi connectivity index (χ1) is 15.2. The predicted octanol–water partition coefficient (Wildman–Crippen LogP) is 4.51. The number of anilines is 1. The first-order valence-corrected chi connectivity index (χ1v) is 10.8. The lowest BCUT2D eigenvalue weighted by molar-refractivity contribution is 0.0548. The third-order valence-corrected chi connectivity index (χ3v) is 6.10. The van der Waals surface area contributed by atoms with Crippen LogP contribution in [0, 0.1) is 0 Å². The van der Waals surface area contributed by atoms with Gasteiger partial charge in [-0.05, 0) is 73.9 Å². The molecule has 0 aliphatic carbocycles. The molecule has 6 heteroatoms. The maximum atomic E-state index is 13.2. The molecule has 0 bridgehead atoms. The molecule has 3 aromatic rings. The van der Waals surface area contributed by atoms with E-state index in [1.807, 2.05) is 46.1 Å². The first kappa shape index (κ1) is 19.4. The predicted molar refractivity (Wildman–Crippen MR) is 119 cm³/mol. The molecular formula is C25H25N3O3. The SMILES string of the molecule is O=C(Nc1ccc2c(c1)C(=O)N1CCCC[C@@H]1CCO2)c1ccc(-n2cccc2)cc1. The van der Waals surface area contributed by atoms with E-state index in [9.17, 15) is 9.59 Å². The standard InChI is InChI=1S/C25H25N3O3/c29-24(18-6-9-20(10-7-18)27-13-3-4-14-27)26-19-8-11-23-22(17-19)25(30)28-15-2-1-5-21(28)12-16-31-23/h3-4,6-11,13-14,17,21H,1-2,5,12,15-16H2,(H,26,29)/t21-/m1/s1. The highest BCUT2D eigenvalue weighted by Crippen LogP contribution is 2.31. The van der Waals surface area contributed by atoms with E-state index in [1.165, 1.54) is 0 Å². The second-order valence-corrected chi connectivity index (χ2v) is 8.09. The number of ether oxygens (including phenoxy) is 1. The highest BCUT2D eigenvalue weighted by Gasteiger charge is 2.31.